The van der Waals surface area contributed by atoms with Gasteiger partial charge in [-0.2, -0.15) is 0 Å². The van der Waals surface area contributed by atoms with E-state index < -0.39 is 12.9 Å². The summed E-state index contributed by atoms with van der Waals surface area (Å²) in [5, 5.41) is 17.8. The molecule has 0 unspecified atom stereocenters. The molecule has 3 nitrogen and oxygen atoms in total. The summed E-state index contributed by atoms with van der Waals surface area (Å²) in [5.74, 6) is -0.437. The average molecular weight is 180 g/mol. The van der Waals surface area contributed by atoms with Crippen molar-refractivity contribution in [2.45, 2.75) is 0 Å². The third-order valence-electron chi connectivity index (χ3n) is 1.78. The molecule has 0 amide bonds. The molecule has 5 heteroatoms. The van der Waals surface area contributed by atoms with E-state index in [1.165, 1.54) is 18.2 Å². The van der Waals surface area contributed by atoms with E-state index in [-0.39, 0.29) is 11.0 Å². The first-order chi connectivity index (χ1) is 6.18. The van der Waals surface area contributed by atoms with Crippen LogP contribution in [0.25, 0.3) is 11.0 Å². The molecule has 0 radical (unpaired) electrons. The maximum Gasteiger partial charge on any atom is 0.526 e. The van der Waals surface area contributed by atoms with Crippen molar-refractivity contribution in [1.29, 1.82) is 0 Å². The van der Waals surface area contributed by atoms with Gasteiger partial charge in [0.15, 0.2) is 0 Å². The van der Waals surface area contributed by atoms with Gasteiger partial charge in [-0.25, -0.2) is 4.39 Å². The van der Waals surface area contributed by atoms with Crippen LogP contribution in [0.1, 0.15) is 0 Å². The van der Waals surface area contributed by atoms with Crippen LogP contribution in [0.3, 0.4) is 0 Å². The van der Waals surface area contributed by atoms with Crippen molar-refractivity contribution in [3.63, 3.8) is 0 Å². The molecule has 1 aromatic carbocycles. The quantitative estimate of drug-likeness (QED) is 0.618. The van der Waals surface area contributed by atoms with Crippen LogP contribution in [0, 0.1) is 5.82 Å². The van der Waals surface area contributed by atoms with Gasteiger partial charge < -0.3 is 14.5 Å². The summed E-state index contributed by atoms with van der Waals surface area (Å²) in [6.07, 6.45) is 0. The fraction of sp³-hybridized carbons (Fsp3) is 0. The van der Waals surface area contributed by atoms with Crippen molar-refractivity contribution >= 4 is 23.7 Å². The molecule has 0 saturated carbocycles. The van der Waals surface area contributed by atoms with E-state index in [2.05, 4.69) is 0 Å². The number of rotatable bonds is 1. The Kier molecular flexibility index (Phi) is 1.83. The van der Waals surface area contributed by atoms with Crippen molar-refractivity contribution in [3.05, 3.63) is 30.1 Å². The standard InChI is InChI=1S/C8H6BFO3/c10-6-2-1-3-7-5(6)4-8(13-7)9(11)12/h1-4,11-12H. The van der Waals surface area contributed by atoms with E-state index in [9.17, 15) is 4.39 Å². The fourth-order valence-electron chi connectivity index (χ4n) is 1.17. The van der Waals surface area contributed by atoms with E-state index in [0.29, 0.717) is 5.58 Å². The highest BCUT2D eigenvalue weighted by Crippen LogP contribution is 2.16. The predicted molar refractivity (Wildman–Crippen MR) is 46.0 cm³/mol. The van der Waals surface area contributed by atoms with Crippen molar-refractivity contribution in [2.24, 2.45) is 0 Å². The molecule has 0 bridgehead atoms. The Morgan fingerprint density at radius 1 is 1.31 bits per heavy atom. The van der Waals surface area contributed by atoms with Gasteiger partial charge in [-0.15, -0.1) is 0 Å². The molecule has 1 aromatic heterocycles. The molecule has 0 saturated heterocycles. The lowest BCUT2D eigenvalue weighted by molar-refractivity contribution is 0.412. The summed E-state index contributed by atoms with van der Waals surface area (Å²) in [4.78, 5) is 0. The Bertz CT molecular complexity index is 438. The van der Waals surface area contributed by atoms with Crippen LogP contribution < -0.4 is 5.66 Å². The SMILES string of the molecule is OB(O)c1cc2c(F)cccc2o1. The molecule has 66 valence electrons. The molecule has 0 atom stereocenters. The third-order valence-corrected chi connectivity index (χ3v) is 1.78. The molecule has 0 fully saturated rings. The second-order valence-electron chi connectivity index (χ2n) is 2.67. The molecular formula is C8H6BFO3. The van der Waals surface area contributed by atoms with Crippen LogP contribution in [-0.4, -0.2) is 17.2 Å². The molecule has 0 spiro atoms. The Morgan fingerprint density at radius 3 is 2.69 bits per heavy atom. The topological polar surface area (TPSA) is 53.6 Å². The normalized spacial score (nSPS) is 10.7. The van der Waals surface area contributed by atoms with Gasteiger partial charge >= 0.3 is 7.12 Å². The zero-order valence-corrected chi connectivity index (χ0v) is 6.57. The zero-order chi connectivity index (χ0) is 9.42. The second kappa shape index (κ2) is 2.87. The van der Waals surface area contributed by atoms with Crippen LogP contribution >= 0.6 is 0 Å². The van der Waals surface area contributed by atoms with E-state index in [1.807, 2.05) is 0 Å². The average Bonchev–Trinajstić information content (AvgIpc) is 2.49. The molecule has 0 aliphatic heterocycles. The molecule has 2 rings (SSSR count). The number of hydrogen-bond acceptors (Lipinski definition) is 3. The highest BCUT2D eigenvalue weighted by Gasteiger charge is 2.17. The Balaban J connectivity index is 2.68. The first-order valence-corrected chi connectivity index (χ1v) is 3.72. The molecule has 13 heavy (non-hydrogen) atoms. The second-order valence-corrected chi connectivity index (χ2v) is 2.67. The Labute approximate surface area is 73.6 Å². The lowest BCUT2D eigenvalue weighted by Crippen LogP contribution is -2.27. The number of fused-ring (bicyclic) bond motifs is 1. The summed E-state index contributed by atoms with van der Waals surface area (Å²) < 4.78 is 18.0. The maximum absolute atomic E-state index is 13.0. The molecule has 1 heterocycles. The van der Waals surface area contributed by atoms with E-state index in [1.54, 1.807) is 6.07 Å². The Hall–Kier alpha value is -1.33. The Morgan fingerprint density at radius 2 is 2.08 bits per heavy atom. The van der Waals surface area contributed by atoms with Crippen LogP contribution in [0.5, 0.6) is 0 Å². The van der Waals surface area contributed by atoms with Gasteiger partial charge in [0.05, 0.1) is 5.39 Å². The van der Waals surface area contributed by atoms with Crippen LogP contribution in [0.15, 0.2) is 28.7 Å². The number of hydrogen-bond donors (Lipinski definition) is 2. The first-order valence-electron chi connectivity index (χ1n) is 3.72. The molecule has 2 N–H and O–H groups in total. The van der Waals surface area contributed by atoms with E-state index >= 15 is 0 Å². The molecular weight excluding hydrogens is 174 g/mol. The van der Waals surface area contributed by atoms with Crippen molar-refractivity contribution in [2.75, 3.05) is 0 Å². The maximum atomic E-state index is 13.0. The lowest BCUT2D eigenvalue weighted by Gasteiger charge is -1.88. The lowest BCUT2D eigenvalue weighted by atomic mass is 9.88. The van der Waals surface area contributed by atoms with Gasteiger partial charge in [0.2, 0.25) is 0 Å². The smallest absolute Gasteiger partial charge is 0.465 e. The fourth-order valence-corrected chi connectivity index (χ4v) is 1.17. The van der Waals surface area contributed by atoms with Crippen LogP contribution in [0.2, 0.25) is 0 Å². The first kappa shape index (κ1) is 8.28. The van der Waals surface area contributed by atoms with E-state index in [4.69, 9.17) is 14.5 Å². The number of halogens is 1. The summed E-state index contributed by atoms with van der Waals surface area (Å²) in [5.41, 5.74) is 0.253. The van der Waals surface area contributed by atoms with Crippen molar-refractivity contribution in [3.8, 4) is 0 Å². The van der Waals surface area contributed by atoms with Gasteiger partial charge in [0.1, 0.15) is 17.1 Å². The van der Waals surface area contributed by atoms with Gasteiger partial charge in [0.25, 0.3) is 0 Å². The highest BCUT2D eigenvalue weighted by atomic mass is 19.1. The van der Waals surface area contributed by atoms with Gasteiger partial charge in [-0.3, -0.25) is 0 Å². The molecule has 0 aliphatic carbocycles. The minimum atomic E-state index is -1.70. The number of furan rings is 1. The monoisotopic (exact) mass is 180 g/mol. The zero-order valence-electron chi connectivity index (χ0n) is 6.57. The van der Waals surface area contributed by atoms with E-state index in [0.717, 1.165) is 0 Å². The summed E-state index contributed by atoms with van der Waals surface area (Å²) in [7, 11) is -1.70. The van der Waals surface area contributed by atoms with Crippen molar-refractivity contribution < 1.29 is 18.9 Å². The summed E-state index contributed by atoms with van der Waals surface area (Å²) in [6.45, 7) is 0. The molecule has 2 aromatic rings. The van der Waals surface area contributed by atoms with Gasteiger partial charge in [-0.05, 0) is 18.2 Å². The number of benzene rings is 1. The summed E-state index contributed by atoms with van der Waals surface area (Å²) >= 11 is 0. The van der Waals surface area contributed by atoms with Crippen molar-refractivity contribution in [1.82, 2.24) is 0 Å². The highest BCUT2D eigenvalue weighted by molar-refractivity contribution is 6.57. The minimum Gasteiger partial charge on any atom is -0.465 e. The van der Waals surface area contributed by atoms with Crippen LogP contribution in [-0.2, 0) is 0 Å². The van der Waals surface area contributed by atoms with Gasteiger partial charge in [0, 0.05) is 0 Å². The van der Waals surface area contributed by atoms with Gasteiger partial charge in [-0.1, -0.05) is 6.07 Å². The van der Waals surface area contributed by atoms with Crippen LogP contribution in [0.4, 0.5) is 4.39 Å². The largest absolute Gasteiger partial charge is 0.526 e. The predicted octanol–water partition coefficient (Wildman–Crippen LogP) is 0.252. The molecule has 0 aliphatic rings. The third kappa shape index (κ3) is 1.32. The minimum absolute atomic E-state index is 0.0555. The summed E-state index contributed by atoms with van der Waals surface area (Å²) in [6, 6.07) is 5.61.